The smallest absolute Gasteiger partial charge is 0.271 e. The number of carbonyl (C=O) groups excluding carboxylic acids is 2. The molecule has 0 radical (unpaired) electrons. The van der Waals surface area contributed by atoms with Gasteiger partial charge < -0.3 is 14.6 Å². The molecule has 2 saturated heterocycles. The third-order valence-corrected chi connectivity index (χ3v) is 9.99. The molecule has 0 bridgehead atoms. The number of benzene rings is 3. The molecule has 1 aliphatic carbocycles. The van der Waals surface area contributed by atoms with Gasteiger partial charge in [0.25, 0.3) is 5.69 Å². The van der Waals surface area contributed by atoms with Crippen molar-refractivity contribution >= 4 is 34.8 Å². The van der Waals surface area contributed by atoms with Crippen LogP contribution in [-0.2, 0) is 14.3 Å². The van der Waals surface area contributed by atoms with E-state index in [1.54, 1.807) is 12.3 Å². The van der Waals surface area contributed by atoms with Gasteiger partial charge in [0.2, 0.25) is 11.8 Å². The predicted molar refractivity (Wildman–Crippen MR) is 188 cm³/mol. The fourth-order valence-electron chi connectivity index (χ4n) is 7.68. The molecule has 1 N–H and O–H groups in total. The van der Waals surface area contributed by atoms with Gasteiger partial charge >= 0.3 is 0 Å². The van der Waals surface area contributed by atoms with Gasteiger partial charge in [-0.05, 0) is 115 Å². The molecule has 7 rings (SSSR count). The minimum atomic E-state index is -0.643. The lowest BCUT2D eigenvalue weighted by Gasteiger charge is -2.31. The van der Waals surface area contributed by atoms with Crippen molar-refractivity contribution in [3.63, 3.8) is 0 Å². The Morgan fingerprint density at radius 2 is 1.76 bits per heavy atom. The van der Waals surface area contributed by atoms with Crippen LogP contribution >= 0.6 is 0 Å². The maximum Gasteiger partial charge on any atom is 0.271 e. The summed E-state index contributed by atoms with van der Waals surface area (Å²) in [5, 5.41) is 21.9. The second-order valence-corrected chi connectivity index (χ2v) is 13.1. The molecule has 2 fully saturated rings. The number of aromatic hydroxyl groups is 1. The molecule has 3 aromatic carbocycles. The average molecular weight is 672 g/mol. The Labute approximate surface area is 289 Å². The number of fused-ring (bicyclic) bond motifs is 3. The standard InChI is InChI=1S/C40H37N3O7/c1-24-17-26(18-25(2)38(24)44)19-27(34-13-6-7-16-41-34)14-15-35-36-28(22-49-31-11-4-3-5-12-31)20-32-37(33(36)23-50-35)40(46)42(39(32)45)29-9-8-10-30(21-29)43(47)48/h3-13,16-19,21,32-33,35,37,44H,14-15,20,22-23H2,1-2H3/b27-19-/t32-,33+,35-,37-/m1/s1. The maximum absolute atomic E-state index is 14.1. The van der Waals surface area contributed by atoms with Gasteiger partial charge in [0.1, 0.15) is 18.1 Å². The summed E-state index contributed by atoms with van der Waals surface area (Å²) in [7, 11) is 0. The van der Waals surface area contributed by atoms with Gasteiger partial charge in [0.15, 0.2) is 0 Å². The van der Waals surface area contributed by atoms with Crippen LogP contribution < -0.4 is 9.64 Å². The molecular weight excluding hydrogens is 634 g/mol. The third-order valence-electron chi connectivity index (χ3n) is 9.99. The summed E-state index contributed by atoms with van der Waals surface area (Å²) in [5.74, 6) is -1.35. The summed E-state index contributed by atoms with van der Waals surface area (Å²) in [4.78, 5) is 44.8. The number of nitro groups is 1. The molecule has 3 heterocycles. The summed E-state index contributed by atoms with van der Waals surface area (Å²) in [5.41, 5.74) is 6.33. The van der Waals surface area contributed by atoms with Crippen molar-refractivity contribution in [2.75, 3.05) is 18.1 Å². The number of phenolic OH excluding ortho intramolecular Hbond substituents is 1. The number of hydrogen-bond acceptors (Lipinski definition) is 8. The number of anilines is 1. The Hall–Kier alpha value is -5.61. The molecule has 4 aromatic rings. The van der Waals surface area contributed by atoms with E-state index in [1.165, 1.54) is 18.2 Å². The van der Waals surface area contributed by atoms with Crippen LogP contribution in [0.1, 0.15) is 41.6 Å². The fourth-order valence-corrected chi connectivity index (χ4v) is 7.68. The lowest BCUT2D eigenvalue weighted by Crippen LogP contribution is -2.35. The Bertz CT molecular complexity index is 2000. The van der Waals surface area contributed by atoms with Gasteiger partial charge in [0.05, 0.1) is 40.9 Å². The molecule has 3 aliphatic rings. The normalized spacial score (nSPS) is 21.7. The Balaban J connectivity index is 1.21. The van der Waals surface area contributed by atoms with E-state index in [-0.39, 0.29) is 54.2 Å². The molecular formula is C40H37N3O7. The van der Waals surface area contributed by atoms with Crippen molar-refractivity contribution in [1.82, 2.24) is 4.98 Å². The van der Waals surface area contributed by atoms with E-state index in [1.807, 2.05) is 74.5 Å². The number of rotatable bonds is 10. The van der Waals surface area contributed by atoms with Gasteiger partial charge in [0, 0.05) is 24.2 Å². The molecule has 0 unspecified atom stereocenters. The van der Waals surface area contributed by atoms with Crippen molar-refractivity contribution in [1.29, 1.82) is 0 Å². The highest BCUT2D eigenvalue weighted by atomic mass is 16.6. The number of non-ortho nitro benzene ring substituents is 1. The van der Waals surface area contributed by atoms with Gasteiger partial charge in [-0.1, -0.05) is 30.3 Å². The van der Waals surface area contributed by atoms with Crippen molar-refractivity contribution < 1.29 is 29.1 Å². The number of para-hydroxylation sites is 1. The second-order valence-electron chi connectivity index (χ2n) is 13.1. The summed E-state index contributed by atoms with van der Waals surface area (Å²) in [6, 6.07) is 24.8. The summed E-state index contributed by atoms with van der Waals surface area (Å²) < 4.78 is 12.7. The minimum absolute atomic E-state index is 0.188. The second kappa shape index (κ2) is 13.7. The van der Waals surface area contributed by atoms with E-state index in [2.05, 4.69) is 11.1 Å². The zero-order valence-electron chi connectivity index (χ0n) is 27.8. The third kappa shape index (κ3) is 6.30. The average Bonchev–Trinajstić information content (AvgIpc) is 3.66. The number of allylic oxidation sites excluding steroid dienone is 1. The largest absolute Gasteiger partial charge is 0.507 e. The van der Waals surface area contributed by atoms with E-state index in [4.69, 9.17) is 9.47 Å². The topological polar surface area (TPSA) is 132 Å². The number of imide groups is 1. The summed E-state index contributed by atoms with van der Waals surface area (Å²) in [6.07, 6.45) is 5.08. The van der Waals surface area contributed by atoms with E-state index >= 15 is 0 Å². The number of aromatic nitrogens is 1. The summed E-state index contributed by atoms with van der Waals surface area (Å²) >= 11 is 0. The lowest BCUT2D eigenvalue weighted by molar-refractivity contribution is -0.384. The highest BCUT2D eigenvalue weighted by Crippen LogP contribution is 2.51. The van der Waals surface area contributed by atoms with Crippen LogP contribution in [0.25, 0.3) is 11.6 Å². The quantitative estimate of drug-likeness (QED) is 0.0808. The molecule has 254 valence electrons. The zero-order chi connectivity index (χ0) is 34.9. The van der Waals surface area contributed by atoms with Gasteiger partial charge in [-0.2, -0.15) is 0 Å². The number of nitrogens with zero attached hydrogens (tertiary/aromatic N) is 3. The maximum atomic E-state index is 14.1. The number of aryl methyl sites for hydroxylation is 2. The number of amides is 2. The lowest BCUT2D eigenvalue weighted by atomic mass is 9.69. The van der Waals surface area contributed by atoms with E-state index < -0.39 is 16.8 Å². The van der Waals surface area contributed by atoms with Crippen LogP contribution in [0.3, 0.4) is 0 Å². The molecule has 0 spiro atoms. The highest BCUT2D eigenvalue weighted by Gasteiger charge is 2.57. The van der Waals surface area contributed by atoms with Crippen molar-refractivity contribution in [3.05, 3.63) is 135 Å². The molecule has 1 aromatic heterocycles. The SMILES string of the molecule is Cc1cc(/C=C(/CC[C@H]2OC[C@H]3C2=C(COc2ccccc2)C[C@H]2C(=O)N(c4cccc([N+](=O)[O-])c4)C(=O)[C@H]23)c2ccccn2)cc(C)c1O. The Kier molecular flexibility index (Phi) is 9.03. The number of pyridine rings is 1. The van der Waals surface area contributed by atoms with Crippen LogP contribution in [-0.4, -0.2) is 46.1 Å². The molecule has 0 saturated carbocycles. The number of hydrogen-bond donors (Lipinski definition) is 1. The van der Waals surface area contributed by atoms with Gasteiger partial charge in [-0.3, -0.25) is 24.7 Å². The molecule has 2 amide bonds. The monoisotopic (exact) mass is 671 g/mol. The van der Waals surface area contributed by atoms with Crippen molar-refractivity contribution in [3.8, 4) is 11.5 Å². The predicted octanol–water partition coefficient (Wildman–Crippen LogP) is 7.23. The van der Waals surface area contributed by atoms with Crippen LogP contribution in [0.2, 0.25) is 0 Å². The van der Waals surface area contributed by atoms with Crippen LogP contribution in [0.4, 0.5) is 11.4 Å². The van der Waals surface area contributed by atoms with Crippen LogP contribution in [0.15, 0.2) is 102 Å². The van der Waals surface area contributed by atoms with Gasteiger partial charge in [-0.15, -0.1) is 0 Å². The first-order chi connectivity index (χ1) is 24.2. The van der Waals surface area contributed by atoms with Crippen molar-refractivity contribution in [2.45, 2.75) is 39.2 Å². The molecule has 2 aliphatic heterocycles. The van der Waals surface area contributed by atoms with Crippen LogP contribution in [0, 0.1) is 41.7 Å². The van der Waals surface area contributed by atoms with E-state index in [9.17, 15) is 24.8 Å². The zero-order valence-corrected chi connectivity index (χ0v) is 27.8. The number of carbonyl (C=O) groups is 2. The molecule has 4 atom stereocenters. The first kappa shape index (κ1) is 32.9. The molecule has 10 nitrogen and oxygen atoms in total. The number of phenols is 1. The summed E-state index contributed by atoms with van der Waals surface area (Å²) in [6.45, 7) is 4.27. The Morgan fingerprint density at radius 3 is 2.48 bits per heavy atom. The Morgan fingerprint density at radius 1 is 1.00 bits per heavy atom. The fraction of sp³-hybridized carbons (Fsp3) is 0.275. The van der Waals surface area contributed by atoms with Crippen molar-refractivity contribution in [2.24, 2.45) is 17.8 Å². The first-order valence-corrected chi connectivity index (χ1v) is 16.7. The van der Waals surface area contributed by atoms with Crippen LogP contribution in [0.5, 0.6) is 11.5 Å². The highest BCUT2D eigenvalue weighted by molar-refractivity contribution is 6.22. The molecule has 50 heavy (non-hydrogen) atoms. The van der Waals surface area contributed by atoms with Gasteiger partial charge in [-0.25, -0.2) is 4.90 Å². The first-order valence-electron chi connectivity index (χ1n) is 16.7. The molecule has 10 heteroatoms. The number of nitro benzene ring substituents is 1. The number of ether oxygens (including phenoxy) is 2. The van der Waals surface area contributed by atoms with E-state index in [0.29, 0.717) is 25.0 Å². The minimum Gasteiger partial charge on any atom is -0.507 e. The van der Waals surface area contributed by atoms with E-state index in [0.717, 1.165) is 44.0 Å².